The minimum Gasteiger partial charge on any atom is -0.486 e. The Kier molecular flexibility index (Phi) is 6.10. The van der Waals surface area contributed by atoms with E-state index in [1.807, 2.05) is 0 Å². The molecule has 0 spiro atoms. The molecule has 0 saturated heterocycles. The predicted octanol–water partition coefficient (Wildman–Crippen LogP) is 2.66. The molecule has 0 aliphatic heterocycles. The van der Waals surface area contributed by atoms with Crippen LogP contribution in [-0.2, 0) is 16.1 Å². The van der Waals surface area contributed by atoms with Crippen LogP contribution in [-0.4, -0.2) is 31.9 Å². The van der Waals surface area contributed by atoms with Gasteiger partial charge in [0, 0.05) is 0 Å². The lowest BCUT2D eigenvalue weighted by molar-refractivity contribution is -0.274. The molecule has 0 fully saturated rings. The molecule has 0 aliphatic carbocycles. The highest BCUT2D eigenvalue weighted by molar-refractivity contribution is 5.93. The summed E-state index contributed by atoms with van der Waals surface area (Å²) < 4.78 is 55.0. The van der Waals surface area contributed by atoms with E-state index in [0.717, 1.165) is 12.1 Å². The molecule has 0 aliphatic rings. The third-order valence-corrected chi connectivity index (χ3v) is 2.94. The molecular formula is C16H14F3NO6. The maximum Gasteiger partial charge on any atom is 0.573 e. The fourth-order valence-electron chi connectivity index (χ4n) is 1.78. The second-order valence-electron chi connectivity index (χ2n) is 4.83. The summed E-state index contributed by atoms with van der Waals surface area (Å²) in [6.07, 6.45) is -4.76. The zero-order valence-electron chi connectivity index (χ0n) is 13.5. The number of ether oxygens (including phenoxy) is 3. The largest absolute Gasteiger partial charge is 0.573 e. The van der Waals surface area contributed by atoms with Crippen molar-refractivity contribution in [3.05, 3.63) is 47.9 Å². The van der Waals surface area contributed by atoms with Crippen LogP contribution in [0.2, 0.25) is 0 Å². The van der Waals surface area contributed by atoms with Crippen LogP contribution in [0.25, 0.3) is 0 Å². The summed E-state index contributed by atoms with van der Waals surface area (Å²) in [5, 5.41) is 2.31. The van der Waals surface area contributed by atoms with Crippen molar-refractivity contribution >= 4 is 11.9 Å². The Hall–Kier alpha value is -3.17. The molecule has 2 rings (SSSR count). The Bertz CT molecular complexity index is 754. The number of nitrogens with one attached hydrogen (secondary N) is 1. The second-order valence-corrected chi connectivity index (χ2v) is 4.83. The SMILES string of the molecule is COC(=O)CNC(=O)c1ccc(COc2ccc(OC(F)(F)F)cc2)o1. The predicted molar refractivity (Wildman–Crippen MR) is 80.5 cm³/mol. The van der Waals surface area contributed by atoms with Crippen molar-refractivity contribution in [2.24, 2.45) is 0 Å². The third-order valence-electron chi connectivity index (χ3n) is 2.94. The number of amides is 1. The van der Waals surface area contributed by atoms with Crippen LogP contribution >= 0.6 is 0 Å². The van der Waals surface area contributed by atoms with Crippen molar-refractivity contribution in [1.29, 1.82) is 0 Å². The molecule has 0 unspecified atom stereocenters. The van der Waals surface area contributed by atoms with Gasteiger partial charge in [-0.05, 0) is 36.4 Å². The van der Waals surface area contributed by atoms with Gasteiger partial charge >= 0.3 is 12.3 Å². The van der Waals surface area contributed by atoms with Crippen LogP contribution in [0.5, 0.6) is 11.5 Å². The van der Waals surface area contributed by atoms with Gasteiger partial charge in [0.2, 0.25) is 0 Å². The second kappa shape index (κ2) is 8.28. The van der Waals surface area contributed by atoms with Gasteiger partial charge < -0.3 is 23.9 Å². The van der Waals surface area contributed by atoms with Crippen LogP contribution in [0.15, 0.2) is 40.8 Å². The van der Waals surface area contributed by atoms with E-state index in [9.17, 15) is 22.8 Å². The fraction of sp³-hybridized carbons (Fsp3) is 0.250. The molecule has 7 nitrogen and oxygen atoms in total. The van der Waals surface area contributed by atoms with E-state index in [4.69, 9.17) is 9.15 Å². The molecule has 1 amide bonds. The maximum absolute atomic E-state index is 12.1. The van der Waals surface area contributed by atoms with E-state index in [-0.39, 0.29) is 30.4 Å². The van der Waals surface area contributed by atoms with Crippen molar-refractivity contribution < 1.29 is 41.4 Å². The van der Waals surface area contributed by atoms with Crippen molar-refractivity contribution in [2.45, 2.75) is 13.0 Å². The summed E-state index contributed by atoms with van der Waals surface area (Å²) in [6, 6.07) is 7.70. The first-order valence-electron chi connectivity index (χ1n) is 7.19. The molecule has 0 saturated carbocycles. The number of hydrogen-bond acceptors (Lipinski definition) is 6. The van der Waals surface area contributed by atoms with Gasteiger partial charge in [-0.3, -0.25) is 9.59 Å². The molecule has 1 aromatic carbocycles. The number of furan rings is 1. The highest BCUT2D eigenvalue weighted by Gasteiger charge is 2.30. The van der Waals surface area contributed by atoms with E-state index in [1.54, 1.807) is 0 Å². The Morgan fingerprint density at radius 2 is 1.73 bits per heavy atom. The van der Waals surface area contributed by atoms with Gasteiger partial charge in [0.15, 0.2) is 5.76 Å². The molecule has 1 aromatic heterocycles. The molecule has 1 heterocycles. The van der Waals surface area contributed by atoms with Crippen LogP contribution in [0.1, 0.15) is 16.3 Å². The van der Waals surface area contributed by atoms with E-state index < -0.39 is 18.2 Å². The molecule has 0 bridgehead atoms. The normalized spacial score (nSPS) is 10.9. The summed E-state index contributed by atoms with van der Waals surface area (Å²) in [4.78, 5) is 22.7. The zero-order valence-corrected chi connectivity index (χ0v) is 13.5. The number of benzene rings is 1. The van der Waals surface area contributed by atoms with Gasteiger partial charge in [-0.1, -0.05) is 0 Å². The average Bonchev–Trinajstić information content (AvgIpc) is 3.06. The van der Waals surface area contributed by atoms with Crippen molar-refractivity contribution in [3.63, 3.8) is 0 Å². The molecule has 2 aromatic rings. The first kappa shape index (κ1) is 19.2. The van der Waals surface area contributed by atoms with Gasteiger partial charge in [0.25, 0.3) is 5.91 Å². The van der Waals surface area contributed by atoms with Gasteiger partial charge in [0.05, 0.1) is 7.11 Å². The zero-order chi connectivity index (χ0) is 19.2. The Morgan fingerprint density at radius 1 is 1.08 bits per heavy atom. The van der Waals surface area contributed by atoms with Crippen LogP contribution in [0, 0.1) is 0 Å². The lowest BCUT2D eigenvalue weighted by Crippen LogP contribution is -2.29. The summed E-state index contributed by atoms with van der Waals surface area (Å²) in [5.74, 6) is -1.01. The summed E-state index contributed by atoms with van der Waals surface area (Å²) >= 11 is 0. The van der Waals surface area contributed by atoms with E-state index >= 15 is 0 Å². The maximum atomic E-state index is 12.1. The topological polar surface area (TPSA) is 87.0 Å². The summed E-state index contributed by atoms with van der Waals surface area (Å²) in [6.45, 7) is -0.349. The lowest BCUT2D eigenvalue weighted by Gasteiger charge is -2.09. The number of halogens is 3. The van der Waals surface area contributed by atoms with Crippen LogP contribution in [0.3, 0.4) is 0 Å². The number of carbonyl (C=O) groups is 2. The van der Waals surface area contributed by atoms with Crippen molar-refractivity contribution in [1.82, 2.24) is 5.32 Å². The van der Waals surface area contributed by atoms with Crippen LogP contribution < -0.4 is 14.8 Å². The summed E-state index contributed by atoms with van der Waals surface area (Å²) in [7, 11) is 1.19. The quantitative estimate of drug-likeness (QED) is 0.751. The summed E-state index contributed by atoms with van der Waals surface area (Å²) in [5.41, 5.74) is 0. The Balaban J connectivity index is 1.85. The minimum atomic E-state index is -4.76. The molecule has 0 atom stereocenters. The Morgan fingerprint density at radius 3 is 2.35 bits per heavy atom. The van der Waals surface area contributed by atoms with E-state index in [1.165, 1.54) is 31.4 Å². The standard InChI is InChI=1S/C16H14F3NO6/c1-23-14(21)8-20-15(22)13-7-6-12(25-13)9-24-10-2-4-11(5-3-10)26-16(17,18)19/h2-7H,8-9H2,1H3,(H,20,22). The first-order valence-corrected chi connectivity index (χ1v) is 7.19. The monoisotopic (exact) mass is 373 g/mol. The van der Waals surface area contributed by atoms with E-state index in [0.29, 0.717) is 5.76 Å². The number of methoxy groups -OCH3 is 1. The fourth-order valence-corrected chi connectivity index (χ4v) is 1.78. The van der Waals surface area contributed by atoms with Crippen molar-refractivity contribution in [3.8, 4) is 11.5 Å². The van der Waals surface area contributed by atoms with Crippen molar-refractivity contribution in [2.75, 3.05) is 13.7 Å². The smallest absolute Gasteiger partial charge is 0.486 e. The molecule has 0 radical (unpaired) electrons. The molecular weight excluding hydrogens is 359 g/mol. The van der Waals surface area contributed by atoms with Gasteiger partial charge in [-0.15, -0.1) is 13.2 Å². The van der Waals surface area contributed by atoms with Gasteiger partial charge in [-0.2, -0.15) is 0 Å². The average molecular weight is 373 g/mol. The number of esters is 1. The Labute approximate surface area is 145 Å². The van der Waals surface area contributed by atoms with Gasteiger partial charge in [0.1, 0.15) is 30.4 Å². The first-order chi connectivity index (χ1) is 12.3. The minimum absolute atomic E-state index is 0.0265. The number of carbonyl (C=O) groups excluding carboxylic acids is 2. The number of alkyl halides is 3. The number of hydrogen-bond donors (Lipinski definition) is 1. The van der Waals surface area contributed by atoms with Crippen LogP contribution in [0.4, 0.5) is 13.2 Å². The molecule has 10 heteroatoms. The molecule has 26 heavy (non-hydrogen) atoms. The highest BCUT2D eigenvalue weighted by Crippen LogP contribution is 2.25. The van der Waals surface area contributed by atoms with Gasteiger partial charge in [-0.25, -0.2) is 0 Å². The lowest BCUT2D eigenvalue weighted by atomic mass is 10.3. The third kappa shape index (κ3) is 6.04. The number of rotatable bonds is 7. The molecule has 1 N–H and O–H groups in total. The highest BCUT2D eigenvalue weighted by atomic mass is 19.4. The molecule has 140 valence electrons. The van der Waals surface area contributed by atoms with E-state index in [2.05, 4.69) is 14.8 Å².